The average Bonchev–Trinajstić information content (AvgIpc) is 2.17. The molecule has 1 aromatic rings. The van der Waals surface area contributed by atoms with Crippen molar-refractivity contribution in [3.8, 4) is 0 Å². The van der Waals surface area contributed by atoms with Crippen LogP contribution in [0.1, 0.15) is 18.9 Å². The summed E-state index contributed by atoms with van der Waals surface area (Å²) in [5.41, 5.74) is 0.953. The second-order valence-electron chi connectivity index (χ2n) is 3.24. The topological polar surface area (TPSA) is 43.1 Å². The van der Waals surface area contributed by atoms with Gasteiger partial charge in [-0.2, -0.15) is 0 Å². The van der Waals surface area contributed by atoms with E-state index in [9.17, 15) is 10.1 Å². The highest BCUT2D eigenvalue weighted by Crippen LogP contribution is 2.26. The third-order valence-corrected chi connectivity index (χ3v) is 3.59. The van der Waals surface area contributed by atoms with Gasteiger partial charge in [-0.25, -0.2) is 0 Å². The third kappa shape index (κ3) is 3.57. The van der Waals surface area contributed by atoms with E-state index in [0.717, 1.165) is 16.5 Å². The van der Waals surface area contributed by atoms with Crippen LogP contribution in [0.2, 0.25) is 0 Å². The Balaban J connectivity index is 3.02. The molecule has 3 nitrogen and oxygen atoms in total. The standard InChI is InChI=1S/C10H11Br2NO2/c1-2-8(11)5-7-6-9(12)3-4-10(7)13(14)15/h3-4,6,8H,2,5H2,1H3. The first-order chi connectivity index (χ1) is 7.04. The summed E-state index contributed by atoms with van der Waals surface area (Å²) in [7, 11) is 0. The van der Waals surface area contributed by atoms with Crippen molar-refractivity contribution < 1.29 is 4.92 Å². The average molecular weight is 337 g/mol. The molecule has 5 heteroatoms. The molecule has 82 valence electrons. The van der Waals surface area contributed by atoms with E-state index in [1.54, 1.807) is 6.07 Å². The van der Waals surface area contributed by atoms with Gasteiger partial charge in [-0.15, -0.1) is 0 Å². The fraction of sp³-hybridized carbons (Fsp3) is 0.400. The summed E-state index contributed by atoms with van der Waals surface area (Å²) in [5.74, 6) is 0. The lowest BCUT2D eigenvalue weighted by atomic mass is 10.1. The van der Waals surface area contributed by atoms with E-state index in [0.29, 0.717) is 6.42 Å². The van der Waals surface area contributed by atoms with E-state index in [2.05, 4.69) is 31.9 Å². The maximum Gasteiger partial charge on any atom is 0.272 e. The number of benzene rings is 1. The molecule has 15 heavy (non-hydrogen) atoms. The highest BCUT2D eigenvalue weighted by Gasteiger charge is 2.15. The van der Waals surface area contributed by atoms with E-state index in [4.69, 9.17) is 0 Å². The molecule has 0 aliphatic rings. The molecule has 0 amide bonds. The van der Waals surface area contributed by atoms with Crippen LogP contribution in [0.5, 0.6) is 0 Å². The second-order valence-corrected chi connectivity index (χ2v) is 5.45. The van der Waals surface area contributed by atoms with Gasteiger partial charge in [0.25, 0.3) is 5.69 Å². The van der Waals surface area contributed by atoms with Crippen molar-refractivity contribution in [2.75, 3.05) is 0 Å². The van der Waals surface area contributed by atoms with Gasteiger partial charge in [0.05, 0.1) is 4.92 Å². The molecule has 0 aliphatic heterocycles. The molecule has 0 bridgehead atoms. The van der Waals surface area contributed by atoms with E-state index in [1.807, 2.05) is 13.0 Å². The Morgan fingerprint density at radius 1 is 1.53 bits per heavy atom. The van der Waals surface area contributed by atoms with Crippen LogP contribution in [0, 0.1) is 10.1 Å². The summed E-state index contributed by atoms with van der Waals surface area (Å²) < 4.78 is 0.874. The molecule has 0 heterocycles. The first kappa shape index (κ1) is 12.6. The number of hydrogen-bond donors (Lipinski definition) is 0. The lowest BCUT2D eigenvalue weighted by molar-refractivity contribution is -0.385. The van der Waals surface area contributed by atoms with Gasteiger partial charge in [0.2, 0.25) is 0 Å². The van der Waals surface area contributed by atoms with Crippen LogP contribution in [0.3, 0.4) is 0 Å². The number of nitro benzene ring substituents is 1. The van der Waals surface area contributed by atoms with Gasteiger partial charge in [0.1, 0.15) is 0 Å². The Morgan fingerprint density at radius 2 is 2.20 bits per heavy atom. The summed E-state index contributed by atoms with van der Waals surface area (Å²) in [6.45, 7) is 2.04. The Morgan fingerprint density at radius 3 is 2.73 bits per heavy atom. The van der Waals surface area contributed by atoms with Gasteiger partial charge >= 0.3 is 0 Å². The first-order valence-electron chi connectivity index (χ1n) is 4.61. The van der Waals surface area contributed by atoms with E-state index >= 15 is 0 Å². The maximum absolute atomic E-state index is 10.8. The fourth-order valence-electron chi connectivity index (χ4n) is 1.28. The summed E-state index contributed by atoms with van der Waals surface area (Å²) in [5, 5.41) is 10.8. The predicted octanol–water partition coefficient (Wildman–Crippen LogP) is 4.07. The number of alkyl halides is 1. The zero-order valence-electron chi connectivity index (χ0n) is 8.24. The van der Waals surface area contributed by atoms with Crippen LogP contribution in [0.4, 0.5) is 5.69 Å². The van der Waals surface area contributed by atoms with Gasteiger partial charge in [-0.3, -0.25) is 10.1 Å². The zero-order valence-corrected chi connectivity index (χ0v) is 11.4. The molecule has 0 N–H and O–H groups in total. The minimum atomic E-state index is -0.336. The Bertz CT molecular complexity index is 368. The molecule has 0 saturated carbocycles. The minimum absolute atomic E-state index is 0.191. The van der Waals surface area contributed by atoms with Crippen LogP contribution < -0.4 is 0 Å². The Kier molecular flexibility index (Phi) is 4.73. The predicted molar refractivity (Wildman–Crippen MR) is 67.5 cm³/mol. The first-order valence-corrected chi connectivity index (χ1v) is 6.32. The smallest absolute Gasteiger partial charge is 0.258 e. The lowest BCUT2D eigenvalue weighted by Gasteiger charge is -2.07. The maximum atomic E-state index is 10.8. The summed E-state index contributed by atoms with van der Waals surface area (Å²) in [6, 6.07) is 5.04. The minimum Gasteiger partial charge on any atom is -0.258 e. The molecule has 0 saturated heterocycles. The van der Waals surface area contributed by atoms with Gasteiger partial charge in [-0.05, 0) is 25.0 Å². The SMILES string of the molecule is CCC(Br)Cc1cc(Br)ccc1[N+](=O)[O-]. The van der Waals surface area contributed by atoms with Crippen molar-refractivity contribution in [1.82, 2.24) is 0 Å². The van der Waals surface area contributed by atoms with Crippen LogP contribution in [0.15, 0.2) is 22.7 Å². The van der Waals surface area contributed by atoms with Gasteiger partial charge < -0.3 is 0 Å². The summed E-state index contributed by atoms with van der Waals surface area (Å²) in [6.07, 6.45) is 1.62. The number of nitro groups is 1. The van der Waals surface area contributed by atoms with Crippen molar-refractivity contribution in [1.29, 1.82) is 0 Å². The Hall–Kier alpha value is -0.420. The molecule has 1 aromatic carbocycles. The monoisotopic (exact) mass is 335 g/mol. The van der Waals surface area contributed by atoms with Crippen molar-refractivity contribution in [2.24, 2.45) is 0 Å². The van der Waals surface area contributed by atoms with Crippen molar-refractivity contribution in [3.63, 3.8) is 0 Å². The molecule has 0 fully saturated rings. The van der Waals surface area contributed by atoms with Crippen molar-refractivity contribution in [2.45, 2.75) is 24.6 Å². The normalized spacial score (nSPS) is 12.5. The molecule has 0 aliphatic carbocycles. The molecule has 1 atom stereocenters. The molecular weight excluding hydrogens is 326 g/mol. The number of hydrogen-bond acceptors (Lipinski definition) is 2. The third-order valence-electron chi connectivity index (χ3n) is 2.12. The summed E-state index contributed by atoms with van der Waals surface area (Å²) >= 11 is 6.80. The largest absolute Gasteiger partial charge is 0.272 e. The zero-order chi connectivity index (χ0) is 11.4. The molecule has 0 radical (unpaired) electrons. The van der Waals surface area contributed by atoms with Crippen LogP contribution in [-0.2, 0) is 6.42 Å². The molecule has 1 unspecified atom stereocenters. The Labute approximate surface area is 105 Å². The van der Waals surface area contributed by atoms with Crippen LogP contribution in [0.25, 0.3) is 0 Å². The van der Waals surface area contributed by atoms with E-state index in [-0.39, 0.29) is 15.4 Å². The highest BCUT2D eigenvalue weighted by molar-refractivity contribution is 9.10. The van der Waals surface area contributed by atoms with Gasteiger partial charge in [-0.1, -0.05) is 38.8 Å². The number of rotatable bonds is 4. The van der Waals surface area contributed by atoms with Crippen molar-refractivity contribution >= 4 is 37.5 Å². The van der Waals surface area contributed by atoms with Crippen LogP contribution in [-0.4, -0.2) is 9.75 Å². The van der Waals surface area contributed by atoms with Crippen LogP contribution >= 0.6 is 31.9 Å². The molecule has 1 rings (SSSR count). The lowest BCUT2D eigenvalue weighted by Crippen LogP contribution is -2.03. The molecule has 0 aromatic heterocycles. The molecule has 0 spiro atoms. The van der Waals surface area contributed by atoms with Crippen molar-refractivity contribution in [3.05, 3.63) is 38.3 Å². The second kappa shape index (κ2) is 5.61. The molecular formula is C10H11Br2NO2. The van der Waals surface area contributed by atoms with E-state index in [1.165, 1.54) is 6.07 Å². The quantitative estimate of drug-likeness (QED) is 0.472. The number of nitrogens with zero attached hydrogens (tertiary/aromatic N) is 1. The van der Waals surface area contributed by atoms with Gasteiger partial charge in [0.15, 0.2) is 0 Å². The number of halogens is 2. The summed E-state index contributed by atoms with van der Waals surface area (Å²) in [4.78, 5) is 10.7. The highest BCUT2D eigenvalue weighted by atomic mass is 79.9. The van der Waals surface area contributed by atoms with Gasteiger partial charge in [0, 0.05) is 20.9 Å². The van der Waals surface area contributed by atoms with E-state index < -0.39 is 0 Å². The fourth-order valence-corrected chi connectivity index (χ4v) is 2.04.